The summed E-state index contributed by atoms with van der Waals surface area (Å²) in [6.45, 7) is 1.54. The van der Waals surface area contributed by atoms with E-state index in [2.05, 4.69) is 30.9 Å². The van der Waals surface area contributed by atoms with Crippen LogP contribution in [0.3, 0.4) is 0 Å². The zero-order valence-corrected chi connectivity index (χ0v) is 29.2. The average molecular weight is 742 g/mol. The van der Waals surface area contributed by atoms with Crippen LogP contribution in [0.4, 0.5) is 17.5 Å². The summed E-state index contributed by atoms with van der Waals surface area (Å²) in [5.41, 5.74) is 7.08. The highest BCUT2D eigenvalue weighted by molar-refractivity contribution is 6.26. The molecule has 280 valence electrons. The summed E-state index contributed by atoms with van der Waals surface area (Å²) in [6.07, 6.45) is 1.50. The van der Waals surface area contributed by atoms with Crippen LogP contribution in [0.15, 0.2) is 36.5 Å². The highest BCUT2D eigenvalue weighted by Gasteiger charge is 2.45. The molecule has 1 unspecified atom stereocenters. The number of nitrogens with one attached hydrogen (secondary N) is 2. The van der Waals surface area contributed by atoms with E-state index in [4.69, 9.17) is 19.9 Å². The minimum Gasteiger partial charge on any atom is -0.493 e. The van der Waals surface area contributed by atoms with Crippen molar-refractivity contribution in [3.8, 4) is 11.5 Å². The van der Waals surface area contributed by atoms with E-state index in [1.165, 1.54) is 43.3 Å². The molecule has 2 fully saturated rings. The molecule has 0 bridgehead atoms. The molecule has 2 saturated heterocycles. The number of anilines is 3. The summed E-state index contributed by atoms with van der Waals surface area (Å²) in [4.78, 5) is 89.8. The van der Waals surface area contributed by atoms with Crippen molar-refractivity contribution in [2.45, 2.75) is 25.4 Å². The van der Waals surface area contributed by atoms with Crippen LogP contribution in [0.2, 0.25) is 0 Å². The van der Waals surface area contributed by atoms with Crippen LogP contribution in [0, 0.1) is 0 Å². The topological polar surface area (TPSA) is 246 Å². The number of hydrogen-bond acceptors (Lipinski definition) is 15. The third-order valence-corrected chi connectivity index (χ3v) is 9.27. The third-order valence-electron chi connectivity index (χ3n) is 9.27. The second kappa shape index (κ2) is 14.7. The van der Waals surface area contributed by atoms with Gasteiger partial charge in [-0.15, -0.1) is 5.10 Å². The number of nitrogens with zero attached hydrogens (tertiary/aromatic N) is 8. The fraction of sp³-hybridized carbons (Fsp3) is 0.353. The molecule has 0 aliphatic carbocycles. The molecule has 54 heavy (non-hydrogen) atoms. The third kappa shape index (κ3) is 6.80. The number of piperidine rings is 1. The molecule has 20 heteroatoms. The number of ether oxygens (including phenoxy) is 3. The monoisotopic (exact) mass is 741 g/mol. The Balaban J connectivity index is 0.884. The maximum Gasteiger partial charge on any atom is 0.276 e. The van der Waals surface area contributed by atoms with Gasteiger partial charge in [-0.1, -0.05) is 11.3 Å². The second-order valence-corrected chi connectivity index (χ2v) is 12.6. The van der Waals surface area contributed by atoms with Crippen molar-refractivity contribution in [2.75, 3.05) is 69.6 Å². The van der Waals surface area contributed by atoms with Gasteiger partial charge in [0.1, 0.15) is 18.5 Å². The van der Waals surface area contributed by atoms with E-state index < -0.39 is 35.6 Å². The molecule has 3 aliphatic rings. The number of carbonyl (C=O) groups is 6. The van der Waals surface area contributed by atoms with Crippen LogP contribution in [-0.2, 0) is 25.7 Å². The quantitative estimate of drug-likeness (QED) is 0.134. The SMILES string of the molecule is COc1cc2nc(N3CCN(C(=O)c4cn(CCOCC(=O)Nc5cccc6c5C(=O)N(C5CCC(=O)NC5=O)C6=O)nn4)CC3)nc(N)c2cc1OC. The standard InChI is InChI=1S/C34H35N11O9/c1-52-24-14-19-21(15-25(24)53-2)37-34(39-29(19)35)43-10-8-42(9-11-43)32(50)22-16-44(41-40-22)12-13-54-17-27(47)36-20-5-3-4-18-28(20)33(51)45(31(18)49)23-6-7-26(46)38-30(23)48/h3-5,14-16,23H,6-13,17H2,1-2H3,(H,36,47)(H2,35,37,39)(H,38,46,48). The number of fused-ring (bicyclic) bond motifs is 2. The molecule has 7 rings (SSSR count). The van der Waals surface area contributed by atoms with Gasteiger partial charge in [0.2, 0.25) is 23.7 Å². The van der Waals surface area contributed by atoms with Crippen LogP contribution in [-0.4, -0.2) is 130 Å². The molecule has 4 N–H and O–H groups in total. The number of piperazine rings is 1. The zero-order valence-electron chi connectivity index (χ0n) is 29.2. The molecule has 2 aromatic carbocycles. The zero-order chi connectivity index (χ0) is 38.1. The number of methoxy groups -OCH3 is 2. The van der Waals surface area contributed by atoms with Crippen molar-refractivity contribution in [3.05, 3.63) is 53.3 Å². The maximum atomic E-state index is 13.3. The van der Waals surface area contributed by atoms with Crippen molar-refractivity contribution < 1.29 is 43.0 Å². The normalized spacial score (nSPS) is 17.1. The number of imide groups is 2. The Kier molecular flexibility index (Phi) is 9.74. The Bertz CT molecular complexity index is 2200. The largest absolute Gasteiger partial charge is 0.493 e. The molecule has 0 spiro atoms. The number of carbonyl (C=O) groups excluding carboxylic acids is 6. The number of nitrogens with two attached hydrogens (primary N) is 1. The minimum absolute atomic E-state index is 0.0108. The molecule has 5 heterocycles. The Morgan fingerprint density at radius 1 is 1.00 bits per heavy atom. The first-order valence-corrected chi connectivity index (χ1v) is 16.9. The van der Waals surface area contributed by atoms with Crippen LogP contribution >= 0.6 is 0 Å². The van der Waals surface area contributed by atoms with Crippen molar-refractivity contribution in [2.24, 2.45) is 0 Å². The summed E-state index contributed by atoms with van der Waals surface area (Å²) in [7, 11) is 3.07. The Labute approximate surface area is 306 Å². The number of nitrogen functional groups attached to an aromatic ring is 1. The maximum absolute atomic E-state index is 13.3. The van der Waals surface area contributed by atoms with E-state index in [9.17, 15) is 28.8 Å². The molecular formula is C34H35N11O9. The summed E-state index contributed by atoms with van der Waals surface area (Å²) in [5, 5.41) is 13.4. The van der Waals surface area contributed by atoms with Gasteiger partial charge in [0.25, 0.3) is 17.7 Å². The molecule has 3 aliphatic heterocycles. The van der Waals surface area contributed by atoms with Gasteiger partial charge in [-0.3, -0.25) is 39.0 Å². The minimum atomic E-state index is -1.13. The number of amides is 6. The predicted octanol–water partition coefficient (Wildman–Crippen LogP) is -0.160. The van der Waals surface area contributed by atoms with E-state index in [1.807, 2.05) is 4.90 Å². The summed E-state index contributed by atoms with van der Waals surface area (Å²) < 4.78 is 17.7. The van der Waals surface area contributed by atoms with Gasteiger partial charge >= 0.3 is 0 Å². The molecule has 0 saturated carbocycles. The lowest BCUT2D eigenvalue weighted by molar-refractivity contribution is -0.136. The van der Waals surface area contributed by atoms with Gasteiger partial charge in [0.05, 0.1) is 55.9 Å². The van der Waals surface area contributed by atoms with Gasteiger partial charge in [-0.05, 0) is 24.6 Å². The number of rotatable bonds is 11. The highest BCUT2D eigenvalue weighted by atomic mass is 16.5. The van der Waals surface area contributed by atoms with Gasteiger partial charge in [-0.25, -0.2) is 9.67 Å². The van der Waals surface area contributed by atoms with Crippen LogP contribution in [0.25, 0.3) is 10.9 Å². The van der Waals surface area contributed by atoms with E-state index in [0.717, 1.165) is 4.90 Å². The van der Waals surface area contributed by atoms with E-state index in [0.29, 0.717) is 60.3 Å². The summed E-state index contributed by atoms with van der Waals surface area (Å²) >= 11 is 0. The van der Waals surface area contributed by atoms with Crippen molar-refractivity contribution >= 4 is 63.8 Å². The lowest BCUT2D eigenvalue weighted by Gasteiger charge is -2.34. The van der Waals surface area contributed by atoms with Crippen LogP contribution in [0.5, 0.6) is 11.5 Å². The number of hydrogen-bond donors (Lipinski definition) is 3. The fourth-order valence-electron chi connectivity index (χ4n) is 6.51. The van der Waals surface area contributed by atoms with Gasteiger partial charge < -0.3 is 35.1 Å². The first kappa shape index (κ1) is 35.7. The first-order valence-electron chi connectivity index (χ1n) is 16.9. The van der Waals surface area contributed by atoms with Crippen LogP contribution < -0.4 is 30.7 Å². The van der Waals surface area contributed by atoms with Crippen molar-refractivity contribution in [3.63, 3.8) is 0 Å². The highest BCUT2D eigenvalue weighted by Crippen LogP contribution is 2.35. The molecule has 4 aromatic rings. The van der Waals surface area contributed by atoms with Crippen molar-refractivity contribution in [1.82, 2.24) is 40.1 Å². The smallest absolute Gasteiger partial charge is 0.276 e. The number of benzene rings is 2. The summed E-state index contributed by atoms with van der Waals surface area (Å²) in [6, 6.07) is 6.73. The lowest BCUT2D eigenvalue weighted by Crippen LogP contribution is -2.54. The molecule has 2 aromatic heterocycles. The fourth-order valence-corrected chi connectivity index (χ4v) is 6.51. The van der Waals surface area contributed by atoms with Crippen molar-refractivity contribution in [1.29, 1.82) is 0 Å². The van der Waals surface area contributed by atoms with E-state index in [-0.39, 0.29) is 61.0 Å². The predicted molar refractivity (Wildman–Crippen MR) is 188 cm³/mol. The Morgan fingerprint density at radius 3 is 2.50 bits per heavy atom. The summed E-state index contributed by atoms with van der Waals surface area (Å²) in [5.74, 6) is -1.76. The average Bonchev–Trinajstić information content (AvgIpc) is 3.75. The Hall–Kier alpha value is -6.70. The lowest BCUT2D eigenvalue weighted by atomic mass is 10.0. The first-order chi connectivity index (χ1) is 26.1. The van der Waals surface area contributed by atoms with Gasteiger partial charge in [0.15, 0.2) is 17.2 Å². The van der Waals surface area contributed by atoms with E-state index in [1.54, 1.807) is 17.0 Å². The molecule has 20 nitrogen and oxygen atoms in total. The molecule has 6 amide bonds. The number of aromatic nitrogens is 5. The van der Waals surface area contributed by atoms with Gasteiger partial charge in [0, 0.05) is 44.1 Å². The van der Waals surface area contributed by atoms with E-state index >= 15 is 0 Å². The van der Waals surface area contributed by atoms with Gasteiger partial charge in [-0.2, -0.15) is 4.98 Å². The Morgan fingerprint density at radius 2 is 1.76 bits per heavy atom. The molecule has 1 atom stereocenters. The molecular weight excluding hydrogens is 706 g/mol. The second-order valence-electron chi connectivity index (χ2n) is 12.6. The molecule has 0 radical (unpaired) electrons. The van der Waals surface area contributed by atoms with Crippen LogP contribution in [0.1, 0.15) is 44.0 Å².